The van der Waals surface area contributed by atoms with E-state index < -0.39 is 0 Å². The van der Waals surface area contributed by atoms with E-state index >= 15 is 0 Å². The van der Waals surface area contributed by atoms with Crippen molar-refractivity contribution in [2.75, 3.05) is 39.9 Å². The number of nitrogens with one attached hydrogen (secondary N) is 2. The van der Waals surface area contributed by atoms with Gasteiger partial charge in [0.15, 0.2) is 5.96 Å². The van der Waals surface area contributed by atoms with Crippen LogP contribution in [0, 0.1) is 5.92 Å². The molecule has 5 nitrogen and oxygen atoms in total. The van der Waals surface area contributed by atoms with Crippen molar-refractivity contribution in [3.8, 4) is 0 Å². The lowest BCUT2D eigenvalue weighted by atomic mass is 9.92. The van der Waals surface area contributed by atoms with Crippen LogP contribution in [0.2, 0.25) is 0 Å². The maximum absolute atomic E-state index is 5.51. The van der Waals surface area contributed by atoms with E-state index in [1.54, 1.807) is 0 Å². The maximum atomic E-state index is 5.51. The molecular formula is C17H36N4O. The van der Waals surface area contributed by atoms with Crippen LogP contribution in [0.1, 0.15) is 47.0 Å². The van der Waals surface area contributed by atoms with Crippen molar-refractivity contribution in [3.05, 3.63) is 0 Å². The topological polar surface area (TPSA) is 48.9 Å². The fourth-order valence-electron chi connectivity index (χ4n) is 3.07. The lowest BCUT2D eigenvalue weighted by Crippen LogP contribution is -2.54. The first-order valence-corrected chi connectivity index (χ1v) is 8.95. The normalized spacial score (nSPS) is 20.0. The number of hydrogen-bond donors (Lipinski definition) is 2. The van der Waals surface area contributed by atoms with Gasteiger partial charge in [0.25, 0.3) is 0 Å². The van der Waals surface area contributed by atoms with E-state index in [-0.39, 0.29) is 0 Å². The largest absolute Gasteiger partial charge is 0.379 e. The summed E-state index contributed by atoms with van der Waals surface area (Å²) in [5, 5.41) is 6.98. The van der Waals surface area contributed by atoms with Crippen LogP contribution in [0.25, 0.3) is 0 Å². The maximum Gasteiger partial charge on any atom is 0.191 e. The molecule has 2 atom stereocenters. The second-order valence-electron chi connectivity index (χ2n) is 6.20. The van der Waals surface area contributed by atoms with Gasteiger partial charge in [0.2, 0.25) is 0 Å². The summed E-state index contributed by atoms with van der Waals surface area (Å²) in [7, 11) is 1.85. The van der Waals surface area contributed by atoms with Crippen LogP contribution in [-0.2, 0) is 4.74 Å². The number of guanidine groups is 1. The Bertz CT molecular complexity index is 312. The minimum atomic E-state index is 0.446. The van der Waals surface area contributed by atoms with E-state index in [4.69, 9.17) is 4.74 Å². The summed E-state index contributed by atoms with van der Waals surface area (Å²) in [5.41, 5.74) is 0. The van der Waals surface area contributed by atoms with Crippen molar-refractivity contribution >= 4 is 5.96 Å². The molecule has 1 saturated heterocycles. The molecule has 1 rings (SSSR count). The van der Waals surface area contributed by atoms with E-state index in [9.17, 15) is 0 Å². The third-order valence-corrected chi connectivity index (χ3v) is 4.81. The quantitative estimate of drug-likeness (QED) is 0.532. The molecule has 1 fully saturated rings. The Morgan fingerprint density at radius 1 is 1.14 bits per heavy atom. The molecule has 0 aromatic rings. The number of ether oxygens (including phenoxy) is 1. The Morgan fingerprint density at radius 2 is 1.77 bits per heavy atom. The average molecular weight is 313 g/mol. The van der Waals surface area contributed by atoms with Crippen LogP contribution in [-0.4, -0.2) is 62.8 Å². The first-order chi connectivity index (χ1) is 10.7. The zero-order valence-corrected chi connectivity index (χ0v) is 15.2. The number of aliphatic imine (C=N–C) groups is 1. The summed E-state index contributed by atoms with van der Waals surface area (Å²) >= 11 is 0. The Hall–Kier alpha value is -0.810. The highest BCUT2D eigenvalue weighted by Crippen LogP contribution is 2.19. The molecule has 0 aliphatic carbocycles. The first kappa shape index (κ1) is 19.2. The summed E-state index contributed by atoms with van der Waals surface area (Å²) in [4.78, 5) is 6.94. The predicted octanol–water partition coefficient (Wildman–Crippen LogP) is 2.09. The van der Waals surface area contributed by atoms with Crippen molar-refractivity contribution in [2.45, 2.75) is 59.0 Å². The molecule has 130 valence electrons. The van der Waals surface area contributed by atoms with Gasteiger partial charge in [-0.1, -0.05) is 33.6 Å². The summed E-state index contributed by atoms with van der Waals surface area (Å²) in [6.07, 6.45) is 3.54. The van der Waals surface area contributed by atoms with E-state index in [0.717, 1.165) is 45.2 Å². The van der Waals surface area contributed by atoms with Crippen LogP contribution in [0.4, 0.5) is 0 Å². The third kappa shape index (κ3) is 6.13. The van der Waals surface area contributed by atoms with E-state index in [1.165, 1.54) is 12.8 Å². The molecule has 0 saturated carbocycles. The van der Waals surface area contributed by atoms with Crippen LogP contribution in [0.15, 0.2) is 4.99 Å². The zero-order chi connectivity index (χ0) is 16.4. The molecular weight excluding hydrogens is 276 g/mol. The van der Waals surface area contributed by atoms with Crippen LogP contribution >= 0.6 is 0 Å². The summed E-state index contributed by atoms with van der Waals surface area (Å²) < 4.78 is 5.51. The fourth-order valence-corrected chi connectivity index (χ4v) is 3.07. The van der Waals surface area contributed by atoms with Gasteiger partial charge >= 0.3 is 0 Å². The van der Waals surface area contributed by atoms with Gasteiger partial charge in [0.05, 0.1) is 13.2 Å². The van der Waals surface area contributed by atoms with Gasteiger partial charge < -0.3 is 15.4 Å². The van der Waals surface area contributed by atoms with Crippen molar-refractivity contribution in [1.82, 2.24) is 15.5 Å². The lowest BCUT2D eigenvalue weighted by molar-refractivity contribution is 0.00271. The second-order valence-corrected chi connectivity index (χ2v) is 6.20. The van der Waals surface area contributed by atoms with Crippen LogP contribution < -0.4 is 10.6 Å². The monoisotopic (exact) mass is 312 g/mol. The number of rotatable bonds is 8. The first-order valence-electron chi connectivity index (χ1n) is 8.95. The van der Waals surface area contributed by atoms with Gasteiger partial charge in [0.1, 0.15) is 0 Å². The number of morpholine rings is 1. The van der Waals surface area contributed by atoms with Gasteiger partial charge in [-0.3, -0.25) is 9.89 Å². The second kappa shape index (κ2) is 10.8. The highest BCUT2D eigenvalue weighted by molar-refractivity contribution is 5.79. The molecule has 1 aliphatic heterocycles. The third-order valence-electron chi connectivity index (χ3n) is 4.81. The highest BCUT2D eigenvalue weighted by atomic mass is 16.5. The molecule has 0 aromatic carbocycles. The van der Waals surface area contributed by atoms with Gasteiger partial charge in [-0.2, -0.15) is 0 Å². The number of nitrogens with zero attached hydrogens (tertiary/aromatic N) is 2. The van der Waals surface area contributed by atoms with Gasteiger partial charge in [-0.25, -0.2) is 0 Å². The van der Waals surface area contributed by atoms with E-state index in [2.05, 4.69) is 48.2 Å². The molecule has 2 unspecified atom stereocenters. The molecule has 0 amide bonds. The van der Waals surface area contributed by atoms with Crippen molar-refractivity contribution in [2.24, 2.45) is 10.9 Å². The zero-order valence-electron chi connectivity index (χ0n) is 15.2. The predicted molar refractivity (Wildman–Crippen MR) is 94.5 cm³/mol. The van der Waals surface area contributed by atoms with Crippen molar-refractivity contribution in [3.63, 3.8) is 0 Å². The number of hydrogen-bond acceptors (Lipinski definition) is 3. The Morgan fingerprint density at radius 3 is 2.27 bits per heavy atom. The summed E-state index contributed by atoms with van der Waals surface area (Å²) in [6, 6.07) is 0.996. The van der Waals surface area contributed by atoms with Crippen LogP contribution in [0.3, 0.4) is 0 Å². The van der Waals surface area contributed by atoms with Crippen molar-refractivity contribution < 1.29 is 4.74 Å². The summed E-state index contributed by atoms with van der Waals surface area (Å²) in [5.74, 6) is 1.63. The SMILES string of the molecule is CCC(C)NC(=NC)NCC(C(CC)CC)N1CCOCC1. The molecule has 0 spiro atoms. The van der Waals surface area contributed by atoms with Gasteiger partial charge in [0, 0.05) is 38.8 Å². The van der Waals surface area contributed by atoms with Crippen LogP contribution in [0.5, 0.6) is 0 Å². The van der Waals surface area contributed by atoms with E-state index in [0.29, 0.717) is 18.0 Å². The molecule has 2 N–H and O–H groups in total. The molecule has 1 aliphatic rings. The van der Waals surface area contributed by atoms with Crippen molar-refractivity contribution in [1.29, 1.82) is 0 Å². The lowest BCUT2D eigenvalue weighted by Gasteiger charge is -2.39. The molecule has 5 heteroatoms. The Labute approximate surface area is 136 Å². The minimum Gasteiger partial charge on any atom is -0.379 e. The summed E-state index contributed by atoms with van der Waals surface area (Å²) in [6.45, 7) is 13.7. The molecule has 1 heterocycles. The standard InChI is InChI=1S/C17H36N4O/c1-6-14(4)20-17(18-5)19-13-16(15(7-2)8-3)21-9-11-22-12-10-21/h14-16H,6-13H2,1-5H3,(H2,18,19,20). The Balaban J connectivity index is 2.62. The van der Waals surface area contributed by atoms with Gasteiger partial charge in [-0.05, 0) is 19.3 Å². The minimum absolute atomic E-state index is 0.446. The average Bonchev–Trinajstić information content (AvgIpc) is 2.57. The fraction of sp³-hybridized carbons (Fsp3) is 0.941. The van der Waals surface area contributed by atoms with Gasteiger partial charge in [-0.15, -0.1) is 0 Å². The van der Waals surface area contributed by atoms with E-state index in [1.807, 2.05) is 7.05 Å². The molecule has 0 radical (unpaired) electrons. The highest BCUT2D eigenvalue weighted by Gasteiger charge is 2.27. The smallest absolute Gasteiger partial charge is 0.191 e. The molecule has 0 bridgehead atoms. The Kier molecular flexibility index (Phi) is 9.48. The molecule has 0 aromatic heterocycles. The molecule has 22 heavy (non-hydrogen) atoms.